The predicted octanol–water partition coefficient (Wildman–Crippen LogP) is 4.22. The Balaban J connectivity index is 1.46. The highest BCUT2D eigenvalue weighted by atomic mass is 16.5. The highest BCUT2D eigenvalue weighted by Crippen LogP contribution is 2.32. The van der Waals surface area contributed by atoms with Crippen LogP contribution in [0.3, 0.4) is 0 Å². The lowest BCUT2D eigenvalue weighted by Crippen LogP contribution is -2.25. The minimum atomic E-state index is 0.785. The Morgan fingerprint density at radius 3 is 2.85 bits per heavy atom. The molecule has 1 N–H and O–H groups in total. The molecule has 0 amide bonds. The highest BCUT2D eigenvalue weighted by molar-refractivity contribution is 5.66. The summed E-state index contributed by atoms with van der Waals surface area (Å²) in [7, 11) is 1.71. The van der Waals surface area contributed by atoms with Gasteiger partial charge in [0.05, 0.1) is 7.11 Å². The minimum absolute atomic E-state index is 0.785. The molecule has 0 saturated heterocycles. The topological polar surface area (TPSA) is 50.3 Å². The van der Waals surface area contributed by atoms with E-state index in [4.69, 9.17) is 4.74 Å². The first kappa shape index (κ1) is 17.3. The van der Waals surface area contributed by atoms with Crippen molar-refractivity contribution in [3.05, 3.63) is 72.1 Å². The summed E-state index contributed by atoms with van der Waals surface area (Å²) in [5, 5.41) is 3.41. The quantitative estimate of drug-likeness (QED) is 0.713. The summed E-state index contributed by atoms with van der Waals surface area (Å²) in [6.45, 7) is 1.77. The van der Waals surface area contributed by atoms with Gasteiger partial charge >= 0.3 is 0 Å². The lowest BCUT2D eigenvalue weighted by Gasteiger charge is -2.30. The van der Waals surface area contributed by atoms with E-state index in [9.17, 15) is 0 Å². The number of nitrogens with zero attached hydrogens (tertiary/aromatic N) is 3. The Labute approximate surface area is 160 Å². The van der Waals surface area contributed by atoms with Crippen molar-refractivity contribution in [2.75, 3.05) is 30.4 Å². The lowest BCUT2D eigenvalue weighted by molar-refractivity contribution is 0.410. The van der Waals surface area contributed by atoms with Crippen LogP contribution in [0, 0.1) is 0 Å². The minimum Gasteiger partial charge on any atom is -0.496 e. The Kier molecular flexibility index (Phi) is 5.19. The number of ether oxygens (including phenoxy) is 1. The van der Waals surface area contributed by atoms with Crippen LogP contribution in [0.4, 0.5) is 17.3 Å². The SMILES string of the molecule is COc1ccccc1CCNc1cc(N2CCCc3ccccc32)ncn1. The standard InChI is InChI=1S/C22H24N4O/c1-27-20-11-5-3-8-18(20)12-13-23-21-15-22(25-16-24-21)26-14-6-9-17-7-2-4-10-19(17)26/h2-5,7-8,10-11,15-16H,6,9,12-14H2,1H3,(H,23,24,25). The molecule has 5 heteroatoms. The van der Waals surface area contributed by atoms with Gasteiger partial charge in [0.25, 0.3) is 0 Å². The van der Waals surface area contributed by atoms with E-state index in [-0.39, 0.29) is 0 Å². The molecule has 0 bridgehead atoms. The van der Waals surface area contributed by atoms with E-state index < -0.39 is 0 Å². The molecule has 1 aliphatic rings. The molecule has 138 valence electrons. The van der Waals surface area contributed by atoms with Crippen molar-refractivity contribution < 1.29 is 4.74 Å². The van der Waals surface area contributed by atoms with E-state index in [0.717, 1.165) is 49.7 Å². The summed E-state index contributed by atoms with van der Waals surface area (Å²) in [6, 6.07) is 18.7. The normalized spacial score (nSPS) is 13.1. The number of aryl methyl sites for hydroxylation is 1. The second kappa shape index (κ2) is 8.08. The molecule has 1 aliphatic heterocycles. The van der Waals surface area contributed by atoms with E-state index in [2.05, 4.69) is 50.5 Å². The van der Waals surface area contributed by atoms with Gasteiger partial charge in [-0.1, -0.05) is 36.4 Å². The Morgan fingerprint density at radius 2 is 1.93 bits per heavy atom. The van der Waals surface area contributed by atoms with Crippen LogP contribution in [0.25, 0.3) is 0 Å². The van der Waals surface area contributed by atoms with Gasteiger partial charge in [-0.3, -0.25) is 0 Å². The number of aromatic nitrogens is 2. The Hall–Kier alpha value is -3.08. The number of hydrogen-bond donors (Lipinski definition) is 1. The van der Waals surface area contributed by atoms with Gasteiger partial charge in [0.15, 0.2) is 0 Å². The molecular formula is C22H24N4O. The van der Waals surface area contributed by atoms with Crippen LogP contribution in [0.15, 0.2) is 60.9 Å². The molecular weight excluding hydrogens is 336 g/mol. The third-order valence-electron chi connectivity index (χ3n) is 4.93. The van der Waals surface area contributed by atoms with Crippen molar-refractivity contribution in [2.24, 2.45) is 0 Å². The van der Waals surface area contributed by atoms with Crippen LogP contribution in [0.2, 0.25) is 0 Å². The van der Waals surface area contributed by atoms with Crippen molar-refractivity contribution in [2.45, 2.75) is 19.3 Å². The predicted molar refractivity (Wildman–Crippen MR) is 109 cm³/mol. The number of rotatable bonds is 6. The molecule has 0 radical (unpaired) electrons. The molecule has 2 aromatic carbocycles. The van der Waals surface area contributed by atoms with Crippen molar-refractivity contribution >= 4 is 17.3 Å². The molecule has 0 unspecified atom stereocenters. The van der Waals surface area contributed by atoms with Crippen molar-refractivity contribution in [3.63, 3.8) is 0 Å². The second-order valence-corrected chi connectivity index (χ2v) is 6.63. The average molecular weight is 360 g/mol. The maximum Gasteiger partial charge on any atom is 0.138 e. The fraction of sp³-hybridized carbons (Fsp3) is 0.273. The van der Waals surface area contributed by atoms with Crippen molar-refractivity contribution in [1.82, 2.24) is 9.97 Å². The monoisotopic (exact) mass is 360 g/mol. The van der Waals surface area contributed by atoms with Gasteiger partial charge in [-0.15, -0.1) is 0 Å². The number of benzene rings is 2. The van der Waals surface area contributed by atoms with Gasteiger partial charge in [0.2, 0.25) is 0 Å². The van der Waals surface area contributed by atoms with E-state index in [1.165, 1.54) is 16.8 Å². The molecule has 4 rings (SSSR count). The summed E-state index contributed by atoms with van der Waals surface area (Å²) in [4.78, 5) is 11.2. The van der Waals surface area contributed by atoms with Gasteiger partial charge in [0, 0.05) is 24.8 Å². The molecule has 0 aliphatic carbocycles. The molecule has 5 nitrogen and oxygen atoms in total. The second-order valence-electron chi connectivity index (χ2n) is 6.63. The van der Waals surface area contributed by atoms with Crippen LogP contribution in [-0.2, 0) is 12.8 Å². The van der Waals surface area contributed by atoms with Gasteiger partial charge < -0.3 is 15.0 Å². The first-order valence-electron chi connectivity index (χ1n) is 9.38. The van der Waals surface area contributed by atoms with Crippen molar-refractivity contribution in [3.8, 4) is 5.75 Å². The first-order chi connectivity index (χ1) is 13.3. The molecule has 2 heterocycles. The molecule has 0 fully saturated rings. The summed E-state index contributed by atoms with van der Waals surface area (Å²) in [5.74, 6) is 2.71. The van der Waals surface area contributed by atoms with E-state index in [0.29, 0.717) is 0 Å². The number of anilines is 3. The van der Waals surface area contributed by atoms with Crippen LogP contribution in [0.1, 0.15) is 17.5 Å². The number of fused-ring (bicyclic) bond motifs is 1. The van der Waals surface area contributed by atoms with Gasteiger partial charge in [-0.2, -0.15) is 0 Å². The van der Waals surface area contributed by atoms with Gasteiger partial charge in [-0.05, 0) is 42.5 Å². The maximum absolute atomic E-state index is 5.42. The average Bonchev–Trinajstić information content (AvgIpc) is 2.74. The molecule has 0 spiro atoms. The van der Waals surface area contributed by atoms with Crippen LogP contribution in [-0.4, -0.2) is 30.2 Å². The maximum atomic E-state index is 5.42. The summed E-state index contributed by atoms with van der Waals surface area (Å²) >= 11 is 0. The molecule has 27 heavy (non-hydrogen) atoms. The summed E-state index contributed by atoms with van der Waals surface area (Å²) in [6.07, 6.45) is 4.77. The number of methoxy groups -OCH3 is 1. The van der Waals surface area contributed by atoms with Gasteiger partial charge in [0.1, 0.15) is 23.7 Å². The zero-order chi connectivity index (χ0) is 18.5. The Bertz CT molecular complexity index is 912. The fourth-order valence-corrected chi connectivity index (χ4v) is 3.60. The van der Waals surface area contributed by atoms with Crippen LogP contribution < -0.4 is 15.0 Å². The summed E-state index contributed by atoms with van der Waals surface area (Å²) < 4.78 is 5.42. The third kappa shape index (κ3) is 3.87. The van der Waals surface area contributed by atoms with E-state index in [1.54, 1.807) is 13.4 Å². The van der Waals surface area contributed by atoms with Crippen LogP contribution in [0.5, 0.6) is 5.75 Å². The Morgan fingerprint density at radius 1 is 1.07 bits per heavy atom. The van der Waals surface area contributed by atoms with E-state index in [1.807, 2.05) is 24.3 Å². The van der Waals surface area contributed by atoms with Gasteiger partial charge in [-0.25, -0.2) is 9.97 Å². The zero-order valence-corrected chi connectivity index (χ0v) is 15.6. The highest BCUT2D eigenvalue weighted by Gasteiger charge is 2.19. The zero-order valence-electron chi connectivity index (χ0n) is 15.6. The number of nitrogens with one attached hydrogen (secondary N) is 1. The smallest absolute Gasteiger partial charge is 0.138 e. The number of hydrogen-bond acceptors (Lipinski definition) is 5. The third-order valence-corrected chi connectivity index (χ3v) is 4.93. The van der Waals surface area contributed by atoms with Crippen LogP contribution >= 0.6 is 0 Å². The fourth-order valence-electron chi connectivity index (χ4n) is 3.60. The largest absolute Gasteiger partial charge is 0.496 e. The lowest BCUT2D eigenvalue weighted by atomic mass is 10.0. The molecule has 0 saturated carbocycles. The van der Waals surface area contributed by atoms with Crippen molar-refractivity contribution in [1.29, 1.82) is 0 Å². The number of para-hydroxylation sites is 2. The molecule has 1 aromatic heterocycles. The van der Waals surface area contributed by atoms with E-state index >= 15 is 0 Å². The molecule has 0 atom stereocenters. The first-order valence-corrected chi connectivity index (χ1v) is 9.38. The summed E-state index contributed by atoms with van der Waals surface area (Å²) in [5.41, 5.74) is 3.82. The molecule has 3 aromatic rings.